The van der Waals surface area contributed by atoms with Crippen molar-refractivity contribution >= 4 is 11.8 Å². The number of carbonyl (C=O) groups is 2. The van der Waals surface area contributed by atoms with Gasteiger partial charge in [-0.3, -0.25) is 9.59 Å². The summed E-state index contributed by atoms with van der Waals surface area (Å²) in [6.45, 7) is 0.708. The van der Waals surface area contributed by atoms with E-state index in [0.29, 0.717) is 12.3 Å². The molecule has 0 saturated heterocycles. The predicted molar refractivity (Wildman–Crippen MR) is 127 cm³/mol. The van der Waals surface area contributed by atoms with Crippen molar-refractivity contribution in [3.05, 3.63) is 101 Å². The average Bonchev–Trinajstić information content (AvgIpc) is 3.72. The Hall–Kier alpha value is -3.74. The van der Waals surface area contributed by atoms with Crippen molar-refractivity contribution in [3.63, 3.8) is 0 Å². The van der Waals surface area contributed by atoms with E-state index in [-0.39, 0.29) is 48.6 Å². The van der Waals surface area contributed by atoms with Gasteiger partial charge in [-0.1, -0.05) is 30.3 Å². The molecule has 35 heavy (non-hydrogen) atoms. The minimum absolute atomic E-state index is 0.0729. The van der Waals surface area contributed by atoms with Gasteiger partial charge < -0.3 is 15.0 Å². The first kappa shape index (κ1) is 23.0. The van der Waals surface area contributed by atoms with Gasteiger partial charge >= 0.3 is 0 Å². The molecule has 1 saturated carbocycles. The number of amides is 2. The zero-order chi connectivity index (χ0) is 24.4. The normalized spacial score (nSPS) is 17.0. The lowest BCUT2D eigenvalue weighted by Crippen LogP contribution is -2.41. The zero-order valence-electron chi connectivity index (χ0n) is 19.2. The summed E-state index contributed by atoms with van der Waals surface area (Å²) < 4.78 is 32.4. The van der Waals surface area contributed by atoms with Gasteiger partial charge in [-0.15, -0.1) is 0 Å². The Morgan fingerprint density at radius 2 is 1.63 bits per heavy atom. The Labute approximate surface area is 202 Å². The highest BCUT2D eigenvalue weighted by Crippen LogP contribution is 2.41. The Morgan fingerprint density at radius 3 is 2.31 bits per heavy atom. The molecular weight excluding hydrogens is 450 g/mol. The highest BCUT2D eigenvalue weighted by atomic mass is 19.1. The summed E-state index contributed by atoms with van der Waals surface area (Å²) in [7, 11) is 0. The number of nitrogens with zero attached hydrogens (tertiary/aromatic N) is 1. The SMILES string of the molecule is O=C(COc1ccc2c(c1)[C@H](c1ccc(F)cc1)N(C(=O)C1CC1)CC2)NCc1ccc(F)cc1. The van der Waals surface area contributed by atoms with Crippen molar-refractivity contribution in [2.24, 2.45) is 5.92 Å². The fourth-order valence-corrected chi connectivity index (χ4v) is 4.49. The van der Waals surface area contributed by atoms with Gasteiger partial charge in [-0.2, -0.15) is 0 Å². The molecule has 5 rings (SSSR count). The summed E-state index contributed by atoms with van der Waals surface area (Å²) in [5.74, 6) is -0.220. The Kier molecular flexibility index (Phi) is 6.49. The number of rotatable bonds is 7. The van der Waals surface area contributed by atoms with Crippen molar-refractivity contribution in [3.8, 4) is 5.75 Å². The number of fused-ring (bicyclic) bond motifs is 1. The molecule has 2 amide bonds. The lowest BCUT2D eigenvalue weighted by atomic mass is 9.87. The van der Waals surface area contributed by atoms with E-state index >= 15 is 0 Å². The van der Waals surface area contributed by atoms with E-state index in [1.54, 1.807) is 24.3 Å². The number of ether oxygens (including phenoxy) is 1. The molecule has 0 bridgehead atoms. The molecular formula is C28H26F2N2O3. The minimum atomic E-state index is -0.330. The van der Waals surface area contributed by atoms with E-state index in [4.69, 9.17) is 4.74 Å². The van der Waals surface area contributed by atoms with Crippen LogP contribution >= 0.6 is 0 Å². The standard InChI is InChI=1S/C28H26F2N2O3/c29-22-8-1-18(2-9-22)16-31-26(33)17-35-24-12-7-19-13-14-32(28(34)21-3-4-21)27(25(19)15-24)20-5-10-23(30)11-6-20/h1-2,5-12,15,21,27H,3-4,13-14,16-17H2,(H,31,33)/t27-/m0/s1. The fraction of sp³-hybridized carbons (Fsp3) is 0.286. The number of hydrogen-bond donors (Lipinski definition) is 1. The summed E-state index contributed by atoms with van der Waals surface area (Å²) >= 11 is 0. The third-order valence-corrected chi connectivity index (χ3v) is 6.51. The smallest absolute Gasteiger partial charge is 0.258 e. The van der Waals surface area contributed by atoms with Crippen LogP contribution in [0.2, 0.25) is 0 Å². The van der Waals surface area contributed by atoms with Crippen LogP contribution < -0.4 is 10.1 Å². The van der Waals surface area contributed by atoms with E-state index < -0.39 is 0 Å². The Bertz CT molecular complexity index is 1220. The van der Waals surface area contributed by atoms with Gasteiger partial charge in [0.25, 0.3) is 5.91 Å². The quantitative estimate of drug-likeness (QED) is 0.545. The lowest BCUT2D eigenvalue weighted by molar-refractivity contribution is -0.134. The molecule has 3 aromatic carbocycles. The maximum absolute atomic E-state index is 13.6. The highest BCUT2D eigenvalue weighted by molar-refractivity contribution is 5.82. The van der Waals surface area contributed by atoms with E-state index in [2.05, 4.69) is 5.32 Å². The average molecular weight is 477 g/mol. The molecule has 0 spiro atoms. The monoisotopic (exact) mass is 476 g/mol. The number of hydrogen-bond acceptors (Lipinski definition) is 3. The van der Waals surface area contributed by atoms with E-state index in [9.17, 15) is 18.4 Å². The second-order valence-corrected chi connectivity index (χ2v) is 9.06. The molecule has 1 aliphatic heterocycles. The van der Waals surface area contributed by atoms with Crippen LogP contribution in [0, 0.1) is 17.6 Å². The molecule has 0 unspecified atom stereocenters. The third-order valence-electron chi connectivity index (χ3n) is 6.51. The number of carbonyl (C=O) groups excluding carboxylic acids is 2. The molecule has 180 valence electrons. The zero-order valence-corrected chi connectivity index (χ0v) is 19.2. The van der Waals surface area contributed by atoms with Gasteiger partial charge in [-0.25, -0.2) is 8.78 Å². The number of benzene rings is 3. The second kappa shape index (κ2) is 9.86. The largest absolute Gasteiger partial charge is 0.484 e. The van der Waals surface area contributed by atoms with E-state index in [0.717, 1.165) is 41.5 Å². The van der Waals surface area contributed by atoms with Crippen LogP contribution in [-0.4, -0.2) is 29.9 Å². The summed E-state index contributed by atoms with van der Waals surface area (Å²) in [6.07, 6.45) is 2.55. The fourth-order valence-electron chi connectivity index (χ4n) is 4.49. The number of halogens is 2. The van der Waals surface area contributed by atoms with Gasteiger partial charge in [0.15, 0.2) is 6.61 Å². The molecule has 2 aliphatic rings. The summed E-state index contributed by atoms with van der Waals surface area (Å²) in [5, 5.41) is 2.76. The molecule has 5 nitrogen and oxygen atoms in total. The van der Waals surface area contributed by atoms with Crippen LogP contribution in [0.1, 0.15) is 41.1 Å². The van der Waals surface area contributed by atoms with Gasteiger partial charge in [0.2, 0.25) is 5.91 Å². The van der Waals surface area contributed by atoms with Crippen LogP contribution in [-0.2, 0) is 22.6 Å². The summed E-state index contributed by atoms with van der Waals surface area (Å²) in [4.78, 5) is 27.3. The van der Waals surface area contributed by atoms with Crippen molar-refractivity contribution in [1.82, 2.24) is 10.2 Å². The minimum Gasteiger partial charge on any atom is -0.484 e. The maximum Gasteiger partial charge on any atom is 0.258 e. The molecule has 0 aromatic heterocycles. The van der Waals surface area contributed by atoms with Gasteiger partial charge in [0, 0.05) is 19.0 Å². The first-order valence-corrected chi connectivity index (χ1v) is 11.8. The van der Waals surface area contributed by atoms with Gasteiger partial charge in [0.05, 0.1) is 6.04 Å². The third kappa shape index (κ3) is 5.34. The van der Waals surface area contributed by atoms with E-state index in [1.807, 2.05) is 23.1 Å². The lowest BCUT2D eigenvalue weighted by Gasteiger charge is -2.38. The van der Waals surface area contributed by atoms with Crippen LogP contribution in [0.5, 0.6) is 5.75 Å². The predicted octanol–water partition coefficient (Wildman–Crippen LogP) is 4.54. The molecule has 0 radical (unpaired) electrons. The topological polar surface area (TPSA) is 58.6 Å². The van der Waals surface area contributed by atoms with Crippen LogP contribution in [0.25, 0.3) is 0 Å². The number of nitrogens with one attached hydrogen (secondary N) is 1. The van der Waals surface area contributed by atoms with E-state index in [1.165, 1.54) is 24.3 Å². The molecule has 7 heteroatoms. The second-order valence-electron chi connectivity index (χ2n) is 9.06. The first-order valence-electron chi connectivity index (χ1n) is 11.8. The van der Waals surface area contributed by atoms with Crippen molar-refractivity contribution in [2.75, 3.05) is 13.2 Å². The molecule has 1 fully saturated rings. The highest BCUT2D eigenvalue weighted by Gasteiger charge is 2.39. The molecule has 1 atom stereocenters. The van der Waals surface area contributed by atoms with Crippen molar-refractivity contribution < 1.29 is 23.1 Å². The summed E-state index contributed by atoms with van der Waals surface area (Å²) in [5.41, 5.74) is 3.67. The Morgan fingerprint density at radius 1 is 0.943 bits per heavy atom. The van der Waals surface area contributed by atoms with Gasteiger partial charge in [-0.05, 0) is 77.9 Å². The molecule has 1 aliphatic carbocycles. The van der Waals surface area contributed by atoms with Crippen LogP contribution in [0.3, 0.4) is 0 Å². The van der Waals surface area contributed by atoms with Crippen molar-refractivity contribution in [2.45, 2.75) is 31.8 Å². The Balaban J connectivity index is 1.31. The molecule has 3 aromatic rings. The molecule has 1 heterocycles. The van der Waals surface area contributed by atoms with Crippen molar-refractivity contribution in [1.29, 1.82) is 0 Å². The van der Waals surface area contributed by atoms with Gasteiger partial charge in [0.1, 0.15) is 17.4 Å². The van der Waals surface area contributed by atoms with Crippen LogP contribution in [0.15, 0.2) is 66.7 Å². The molecule has 1 N–H and O–H groups in total. The first-order chi connectivity index (χ1) is 17.0. The maximum atomic E-state index is 13.6. The summed E-state index contributed by atoms with van der Waals surface area (Å²) in [6, 6.07) is 17.5. The van der Waals surface area contributed by atoms with Crippen LogP contribution in [0.4, 0.5) is 8.78 Å².